The molecule has 1 aromatic heterocycles. The molecular formula is C16H27N5O. The molecule has 1 aromatic rings. The van der Waals surface area contributed by atoms with Crippen molar-refractivity contribution >= 4 is 17.5 Å². The van der Waals surface area contributed by atoms with E-state index in [-0.39, 0.29) is 11.4 Å². The third-order valence-electron chi connectivity index (χ3n) is 4.01. The number of amides is 1. The Morgan fingerprint density at radius 2 is 1.86 bits per heavy atom. The average molecular weight is 305 g/mol. The van der Waals surface area contributed by atoms with Crippen LogP contribution in [0.4, 0.5) is 11.6 Å². The number of carbonyl (C=O) groups is 1. The molecule has 6 nitrogen and oxygen atoms in total. The number of anilines is 2. The van der Waals surface area contributed by atoms with Crippen molar-refractivity contribution in [3.63, 3.8) is 0 Å². The first kappa shape index (κ1) is 16.5. The van der Waals surface area contributed by atoms with Crippen LogP contribution in [0, 0.1) is 5.92 Å². The van der Waals surface area contributed by atoms with Crippen LogP contribution in [-0.4, -0.2) is 60.5 Å². The molecule has 0 spiro atoms. The van der Waals surface area contributed by atoms with Gasteiger partial charge in [0, 0.05) is 52.1 Å². The first-order valence-corrected chi connectivity index (χ1v) is 7.69. The molecule has 1 atom stereocenters. The Hall–Kier alpha value is -1.85. The average Bonchev–Trinajstić information content (AvgIpc) is 2.79. The Bertz CT molecular complexity index is 538. The van der Waals surface area contributed by atoms with Gasteiger partial charge < -0.3 is 14.7 Å². The quantitative estimate of drug-likeness (QED) is 0.846. The molecule has 1 unspecified atom stereocenters. The van der Waals surface area contributed by atoms with Gasteiger partial charge in [-0.15, -0.1) is 0 Å². The zero-order chi connectivity index (χ0) is 16.5. The van der Waals surface area contributed by atoms with E-state index in [0.29, 0.717) is 12.3 Å². The normalized spacial score (nSPS) is 18.7. The lowest BCUT2D eigenvalue weighted by Gasteiger charge is -2.32. The van der Waals surface area contributed by atoms with E-state index in [9.17, 15) is 4.79 Å². The van der Waals surface area contributed by atoms with Gasteiger partial charge in [0.15, 0.2) is 0 Å². The molecule has 2 rings (SSSR count). The van der Waals surface area contributed by atoms with Crippen molar-refractivity contribution in [2.45, 2.75) is 32.7 Å². The second-order valence-electron chi connectivity index (χ2n) is 7.26. The van der Waals surface area contributed by atoms with E-state index >= 15 is 0 Å². The molecule has 0 saturated carbocycles. The molecular weight excluding hydrogens is 278 g/mol. The van der Waals surface area contributed by atoms with Crippen molar-refractivity contribution in [2.24, 2.45) is 5.92 Å². The van der Waals surface area contributed by atoms with Gasteiger partial charge in [0.25, 0.3) is 0 Å². The Balaban J connectivity index is 2.03. The first-order valence-electron chi connectivity index (χ1n) is 7.69. The monoisotopic (exact) mass is 305 g/mol. The van der Waals surface area contributed by atoms with Crippen LogP contribution in [-0.2, 0) is 4.79 Å². The smallest absolute Gasteiger partial charge is 0.223 e. The maximum absolute atomic E-state index is 12.2. The maximum atomic E-state index is 12.2. The van der Waals surface area contributed by atoms with Crippen molar-refractivity contribution in [3.05, 3.63) is 12.4 Å². The second-order valence-corrected chi connectivity index (χ2v) is 7.26. The summed E-state index contributed by atoms with van der Waals surface area (Å²) < 4.78 is 0. The predicted molar refractivity (Wildman–Crippen MR) is 89.2 cm³/mol. The van der Waals surface area contributed by atoms with Crippen LogP contribution in [0.1, 0.15) is 27.2 Å². The molecule has 1 aliphatic rings. The highest BCUT2D eigenvalue weighted by Gasteiger charge is 2.36. The lowest BCUT2D eigenvalue weighted by atomic mass is 10.1. The summed E-state index contributed by atoms with van der Waals surface area (Å²) in [5.41, 5.74) is -0.102. The van der Waals surface area contributed by atoms with Gasteiger partial charge in [0.1, 0.15) is 11.6 Å². The number of hydrogen-bond acceptors (Lipinski definition) is 5. The molecule has 122 valence electrons. The molecule has 0 bridgehead atoms. The van der Waals surface area contributed by atoms with E-state index < -0.39 is 0 Å². The van der Waals surface area contributed by atoms with Crippen LogP contribution in [0.5, 0.6) is 0 Å². The highest BCUT2D eigenvalue weighted by atomic mass is 16.2. The zero-order valence-corrected chi connectivity index (χ0v) is 14.5. The summed E-state index contributed by atoms with van der Waals surface area (Å²) >= 11 is 0. The molecule has 1 fully saturated rings. The van der Waals surface area contributed by atoms with E-state index in [1.165, 1.54) is 0 Å². The van der Waals surface area contributed by atoms with Crippen molar-refractivity contribution in [1.82, 2.24) is 14.9 Å². The topological polar surface area (TPSA) is 52.6 Å². The molecule has 2 heterocycles. The Kier molecular flexibility index (Phi) is 4.58. The van der Waals surface area contributed by atoms with Crippen molar-refractivity contribution in [3.8, 4) is 0 Å². The summed E-state index contributed by atoms with van der Waals surface area (Å²) in [5.74, 6) is 2.26. The van der Waals surface area contributed by atoms with Crippen LogP contribution < -0.4 is 9.80 Å². The fourth-order valence-corrected chi connectivity index (χ4v) is 2.78. The molecule has 0 aliphatic carbocycles. The van der Waals surface area contributed by atoms with E-state index in [2.05, 4.69) is 35.6 Å². The fraction of sp³-hybridized carbons (Fsp3) is 0.688. The summed E-state index contributed by atoms with van der Waals surface area (Å²) in [6, 6.07) is 0. The highest BCUT2D eigenvalue weighted by molar-refractivity contribution is 5.79. The minimum atomic E-state index is -0.102. The van der Waals surface area contributed by atoms with Crippen LogP contribution in [0.3, 0.4) is 0 Å². The van der Waals surface area contributed by atoms with E-state index in [4.69, 9.17) is 0 Å². The Morgan fingerprint density at radius 3 is 2.41 bits per heavy atom. The second kappa shape index (κ2) is 6.10. The minimum Gasteiger partial charge on any atom is -0.361 e. The van der Waals surface area contributed by atoms with E-state index in [1.54, 1.807) is 12.4 Å². The van der Waals surface area contributed by atoms with Gasteiger partial charge in [-0.1, -0.05) is 0 Å². The number of nitrogens with zero attached hydrogens (tertiary/aromatic N) is 5. The number of carbonyl (C=O) groups excluding carboxylic acids is 1. The van der Waals surface area contributed by atoms with Gasteiger partial charge in [-0.25, -0.2) is 4.98 Å². The van der Waals surface area contributed by atoms with E-state index in [1.807, 2.05) is 30.9 Å². The third-order valence-corrected chi connectivity index (χ3v) is 4.01. The molecule has 22 heavy (non-hydrogen) atoms. The number of rotatable bonds is 4. The molecule has 0 aromatic carbocycles. The van der Waals surface area contributed by atoms with Gasteiger partial charge in [0.2, 0.25) is 5.91 Å². The summed E-state index contributed by atoms with van der Waals surface area (Å²) in [5, 5.41) is 0. The molecule has 1 saturated heterocycles. The maximum Gasteiger partial charge on any atom is 0.223 e. The minimum absolute atomic E-state index is 0.102. The van der Waals surface area contributed by atoms with Crippen LogP contribution in [0.25, 0.3) is 0 Å². The molecule has 0 radical (unpaired) electrons. The lowest BCUT2D eigenvalue weighted by molar-refractivity contribution is -0.131. The van der Waals surface area contributed by atoms with Crippen LogP contribution >= 0.6 is 0 Å². The molecule has 1 amide bonds. The van der Waals surface area contributed by atoms with Crippen molar-refractivity contribution in [1.29, 1.82) is 0 Å². The summed E-state index contributed by atoms with van der Waals surface area (Å²) in [6.45, 7) is 7.88. The summed E-state index contributed by atoms with van der Waals surface area (Å²) in [4.78, 5) is 27.0. The van der Waals surface area contributed by atoms with Gasteiger partial charge in [-0.05, 0) is 20.8 Å². The molecule has 0 N–H and O–H groups in total. The van der Waals surface area contributed by atoms with Gasteiger partial charge in [0.05, 0.1) is 12.4 Å². The number of likely N-dealkylation sites (tertiary alicyclic amines) is 1. The lowest BCUT2D eigenvalue weighted by Crippen LogP contribution is -2.42. The first-order chi connectivity index (χ1) is 10.2. The summed E-state index contributed by atoms with van der Waals surface area (Å²) in [7, 11) is 5.91. The standard InChI is InChI=1S/C16H27N5O/c1-16(2,3)21-11-12(7-15(21)22)10-20(6)14-9-17-8-13(18-14)19(4)5/h8-9,12H,7,10-11H2,1-6H3. The highest BCUT2D eigenvalue weighted by Crippen LogP contribution is 2.27. The van der Waals surface area contributed by atoms with Crippen LogP contribution in [0.2, 0.25) is 0 Å². The molecule has 6 heteroatoms. The summed E-state index contributed by atoms with van der Waals surface area (Å²) in [6.07, 6.45) is 4.13. The van der Waals surface area contributed by atoms with Gasteiger partial charge in [-0.3, -0.25) is 9.78 Å². The number of aromatic nitrogens is 2. The van der Waals surface area contributed by atoms with Gasteiger partial charge >= 0.3 is 0 Å². The Morgan fingerprint density at radius 1 is 1.23 bits per heavy atom. The SMILES string of the molecule is CN(C)c1cncc(N(C)CC2CC(=O)N(C(C)(C)C)C2)n1. The van der Waals surface area contributed by atoms with E-state index in [0.717, 1.165) is 24.7 Å². The Labute approximate surface area is 133 Å². The van der Waals surface area contributed by atoms with Crippen molar-refractivity contribution < 1.29 is 4.79 Å². The predicted octanol–water partition coefficient (Wildman–Crippen LogP) is 1.63. The van der Waals surface area contributed by atoms with Crippen molar-refractivity contribution in [2.75, 3.05) is 44.0 Å². The largest absolute Gasteiger partial charge is 0.361 e. The third kappa shape index (κ3) is 3.67. The van der Waals surface area contributed by atoms with Crippen LogP contribution in [0.15, 0.2) is 12.4 Å². The zero-order valence-electron chi connectivity index (χ0n) is 14.5. The fourth-order valence-electron chi connectivity index (χ4n) is 2.78. The van der Waals surface area contributed by atoms with Gasteiger partial charge in [-0.2, -0.15) is 0 Å². The number of hydrogen-bond donors (Lipinski definition) is 0. The molecule has 1 aliphatic heterocycles.